The molecule has 0 spiro atoms. The quantitative estimate of drug-likeness (QED) is 0.738. The highest BCUT2D eigenvalue weighted by molar-refractivity contribution is 5.86. The molecule has 16 heavy (non-hydrogen) atoms. The van der Waals surface area contributed by atoms with E-state index in [9.17, 15) is 4.79 Å². The van der Waals surface area contributed by atoms with Gasteiger partial charge in [0.1, 0.15) is 0 Å². The number of amides is 1. The maximum absolute atomic E-state index is 12.4. The van der Waals surface area contributed by atoms with Gasteiger partial charge in [-0.2, -0.15) is 0 Å². The number of rotatable bonds is 1. The predicted molar refractivity (Wildman–Crippen MR) is 65.3 cm³/mol. The first-order valence-corrected chi connectivity index (χ1v) is 6.60. The first-order valence-electron chi connectivity index (χ1n) is 6.60. The molecule has 3 nitrogen and oxygen atoms in total. The summed E-state index contributed by atoms with van der Waals surface area (Å²) in [5.41, 5.74) is -0.371. The molecule has 0 aromatic carbocycles. The molecule has 1 saturated heterocycles. The lowest BCUT2D eigenvalue weighted by atomic mass is 9.89. The summed E-state index contributed by atoms with van der Waals surface area (Å²) in [4.78, 5) is 14.6. The summed E-state index contributed by atoms with van der Waals surface area (Å²) in [5.74, 6) is 0.290. The Morgan fingerprint density at radius 1 is 1.25 bits per heavy atom. The molecule has 0 bridgehead atoms. The molecule has 0 aromatic rings. The third kappa shape index (κ3) is 2.10. The first kappa shape index (κ1) is 11.9. The molecule has 0 radical (unpaired) electrons. The molecule has 1 saturated carbocycles. The Morgan fingerprint density at radius 3 is 2.50 bits per heavy atom. The zero-order valence-corrected chi connectivity index (χ0v) is 10.8. The molecular weight excluding hydrogens is 200 g/mol. The summed E-state index contributed by atoms with van der Waals surface area (Å²) < 4.78 is 0. The lowest BCUT2D eigenvalue weighted by Crippen LogP contribution is -2.66. The fourth-order valence-corrected chi connectivity index (χ4v) is 2.98. The number of piperazine rings is 1. The van der Waals surface area contributed by atoms with Crippen LogP contribution in [0.5, 0.6) is 0 Å². The highest BCUT2D eigenvalue weighted by Gasteiger charge is 2.41. The lowest BCUT2D eigenvalue weighted by molar-refractivity contribution is -0.146. The zero-order chi connectivity index (χ0) is 11.8. The van der Waals surface area contributed by atoms with Crippen LogP contribution in [-0.4, -0.2) is 35.0 Å². The predicted octanol–water partition coefficient (Wildman–Crippen LogP) is 1.92. The van der Waals surface area contributed by atoms with Crippen LogP contribution in [-0.2, 0) is 4.79 Å². The molecule has 1 aliphatic carbocycles. The van der Waals surface area contributed by atoms with Crippen LogP contribution in [0.15, 0.2) is 0 Å². The Bertz CT molecular complexity index is 269. The van der Waals surface area contributed by atoms with Crippen molar-refractivity contribution in [3.8, 4) is 0 Å². The van der Waals surface area contributed by atoms with Crippen molar-refractivity contribution in [3.05, 3.63) is 0 Å². The van der Waals surface area contributed by atoms with E-state index in [0.29, 0.717) is 12.1 Å². The Kier molecular flexibility index (Phi) is 3.24. The molecule has 1 unspecified atom stereocenters. The summed E-state index contributed by atoms with van der Waals surface area (Å²) in [7, 11) is 0. The van der Waals surface area contributed by atoms with Gasteiger partial charge in [0.05, 0.1) is 5.54 Å². The molecular formula is C13H24N2O. The normalized spacial score (nSPS) is 31.8. The van der Waals surface area contributed by atoms with Crippen molar-refractivity contribution in [2.45, 2.75) is 70.5 Å². The van der Waals surface area contributed by atoms with E-state index in [4.69, 9.17) is 0 Å². The van der Waals surface area contributed by atoms with Crippen molar-refractivity contribution in [2.75, 3.05) is 6.54 Å². The minimum absolute atomic E-state index is 0.290. The second-order valence-corrected chi connectivity index (χ2v) is 5.86. The summed E-state index contributed by atoms with van der Waals surface area (Å²) in [6, 6.07) is 0.848. The van der Waals surface area contributed by atoms with E-state index in [-0.39, 0.29) is 11.4 Å². The monoisotopic (exact) mass is 224 g/mol. The fourth-order valence-electron chi connectivity index (χ4n) is 2.98. The number of nitrogens with zero attached hydrogens (tertiary/aromatic N) is 1. The van der Waals surface area contributed by atoms with Crippen molar-refractivity contribution in [1.82, 2.24) is 10.2 Å². The second-order valence-electron chi connectivity index (χ2n) is 5.86. The van der Waals surface area contributed by atoms with Crippen molar-refractivity contribution in [2.24, 2.45) is 0 Å². The van der Waals surface area contributed by atoms with E-state index in [1.807, 2.05) is 13.8 Å². The molecule has 1 amide bonds. The standard InChI is InChI=1S/C13H24N2O/c1-10-9-14-13(2,3)12(16)15(10)11-7-5-4-6-8-11/h10-11,14H,4-9H2,1-3H3. The molecule has 1 atom stereocenters. The Morgan fingerprint density at radius 2 is 1.88 bits per heavy atom. The number of hydrogen-bond acceptors (Lipinski definition) is 2. The largest absolute Gasteiger partial charge is 0.334 e. The molecule has 2 rings (SSSR count). The average molecular weight is 224 g/mol. The van der Waals surface area contributed by atoms with Gasteiger partial charge in [0.15, 0.2) is 0 Å². The van der Waals surface area contributed by atoms with Crippen molar-refractivity contribution >= 4 is 5.91 Å². The highest BCUT2D eigenvalue weighted by Crippen LogP contribution is 2.28. The fraction of sp³-hybridized carbons (Fsp3) is 0.923. The van der Waals surface area contributed by atoms with Gasteiger partial charge in [0.2, 0.25) is 5.91 Å². The maximum atomic E-state index is 12.4. The van der Waals surface area contributed by atoms with Gasteiger partial charge in [-0.15, -0.1) is 0 Å². The summed E-state index contributed by atoms with van der Waals surface area (Å²) in [6.45, 7) is 7.08. The molecule has 3 heteroatoms. The number of nitrogens with one attached hydrogen (secondary N) is 1. The lowest BCUT2D eigenvalue weighted by Gasteiger charge is -2.47. The van der Waals surface area contributed by atoms with Crippen molar-refractivity contribution in [1.29, 1.82) is 0 Å². The Hall–Kier alpha value is -0.570. The summed E-state index contributed by atoms with van der Waals surface area (Å²) in [6.07, 6.45) is 6.32. The number of hydrogen-bond donors (Lipinski definition) is 1. The Labute approximate surface area is 98.6 Å². The SMILES string of the molecule is CC1CNC(C)(C)C(=O)N1C1CCCCC1. The third-order valence-corrected chi connectivity index (χ3v) is 4.05. The van der Waals surface area contributed by atoms with Crippen molar-refractivity contribution < 1.29 is 4.79 Å². The molecule has 1 N–H and O–H groups in total. The minimum atomic E-state index is -0.371. The second kappa shape index (κ2) is 4.36. The van der Waals surface area contributed by atoms with Gasteiger partial charge in [-0.1, -0.05) is 19.3 Å². The topological polar surface area (TPSA) is 32.3 Å². The van der Waals surface area contributed by atoms with Crippen LogP contribution >= 0.6 is 0 Å². The van der Waals surface area contributed by atoms with E-state index >= 15 is 0 Å². The van der Waals surface area contributed by atoms with Crippen LogP contribution in [0, 0.1) is 0 Å². The van der Waals surface area contributed by atoms with Gasteiger partial charge >= 0.3 is 0 Å². The summed E-state index contributed by atoms with van der Waals surface area (Å²) >= 11 is 0. The third-order valence-electron chi connectivity index (χ3n) is 4.05. The summed E-state index contributed by atoms with van der Waals surface area (Å²) in [5, 5.41) is 3.34. The molecule has 2 aliphatic rings. The number of carbonyl (C=O) groups excluding carboxylic acids is 1. The molecule has 1 heterocycles. The van der Waals surface area contributed by atoms with E-state index < -0.39 is 0 Å². The van der Waals surface area contributed by atoms with Gasteiger partial charge in [-0.25, -0.2) is 0 Å². The van der Waals surface area contributed by atoms with E-state index in [2.05, 4.69) is 17.1 Å². The Balaban J connectivity index is 2.12. The van der Waals surface area contributed by atoms with Crippen LogP contribution in [0.2, 0.25) is 0 Å². The van der Waals surface area contributed by atoms with Crippen LogP contribution < -0.4 is 5.32 Å². The van der Waals surface area contributed by atoms with Crippen LogP contribution in [0.3, 0.4) is 0 Å². The van der Waals surface area contributed by atoms with E-state index in [1.165, 1.54) is 32.1 Å². The van der Waals surface area contributed by atoms with Gasteiger partial charge < -0.3 is 10.2 Å². The van der Waals surface area contributed by atoms with E-state index in [0.717, 1.165) is 6.54 Å². The maximum Gasteiger partial charge on any atom is 0.242 e. The van der Waals surface area contributed by atoms with Crippen LogP contribution in [0.4, 0.5) is 0 Å². The minimum Gasteiger partial charge on any atom is -0.334 e. The zero-order valence-electron chi connectivity index (χ0n) is 10.8. The van der Waals surface area contributed by atoms with E-state index in [1.54, 1.807) is 0 Å². The van der Waals surface area contributed by atoms with Gasteiger partial charge in [0, 0.05) is 18.6 Å². The van der Waals surface area contributed by atoms with Crippen LogP contribution in [0.1, 0.15) is 52.9 Å². The molecule has 1 aliphatic heterocycles. The van der Waals surface area contributed by atoms with Gasteiger partial charge in [-0.05, 0) is 33.6 Å². The highest BCUT2D eigenvalue weighted by atomic mass is 16.2. The van der Waals surface area contributed by atoms with Gasteiger partial charge in [0.25, 0.3) is 0 Å². The van der Waals surface area contributed by atoms with Gasteiger partial charge in [-0.3, -0.25) is 4.79 Å². The first-order chi connectivity index (χ1) is 7.52. The average Bonchev–Trinajstić information content (AvgIpc) is 2.27. The molecule has 2 fully saturated rings. The molecule has 0 aromatic heterocycles. The van der Waals surface area contributed by atoms with Crippen LogP contribution in [0.25, 0.3) is 0 Å². The van der Waals surface area contributed by atoms with Crippen molar-refractivity contribution in [3.63, 3.8) is 0 Å². The smallest absolute Gasteiger partial charge is 0.242 e. The molecule has 92 valence electrons. The number of carbonyl (C=O) groups is 1.